The van der Waals surface area contributed by atoms with Crippen molar-refractivity contribution in [2.24, 2.45) is 22.2 Å². The summed E-state index contributed by atoms with van der Waals surface area (Å²) in [6, 6.07) is 2.47. The van der Waals surface area contributed by atoms with Crippen LogP contribution in [0.25, 0.3) is 0 Å². The van der Waals surface area contributed by atoms with E-state index in [0.29, 0.717) is 5.92 Å². The van der Waals surface area contributed by atoms with Crippen LogP contribution in [0.5, 0.6) is 0 Å². The first kappa shape index (κ1) is 14.1. The first-order valence-electron chi connectivity index (χ1n) is 7.24. The molecule has 0 aromatic rings. The molecule has 0 aliphatic heterocycles. The molecule has 0 bridgehead atoms. The minimum atomic E-state index is -0.416. The monoisotopic (exact) mass is 257 g/mol. The van der Waals surface area contributed by atoms with E-state index in [2.05, 4.69) is 17.9 Å². The van der Waals surface area contributed by atoms with Gasteiger partial charge in [0.25, 0.3) is 0 Å². The topological polar surface area (TPSA) is 40.9 Å². The number of carbonyl (C=O) groups excluding carboxylic acids is 1. The highest BCUT2D eigenvalue weighted by Gasteiger charge is 2.63. The van der Waals surface area contributed by atoms with Crippen molar-refractivity contribution in [3.05, 3.63) is 0 Å². The molecule has 3 atom stereocenters. The molecule has 2 fully saturated rings. The Hall–Kier alpha value is -1.28. The highest BCUT2D eigenvalue weighted by atomic mass is 16.1. The van der Waals surface area contributed by atoms with Gasteiger partial charge in [0.05, 0.1) is 16.9 Å². The van der Waals surface area contributed by atoms with Crippen molar-refractivity contribution in [1.29, 1.82) is 5.26 Å². The van der Waals surface area contributed by atoms with E-state index in [1.165, 1.54) is 6.42 Å². The summed E-state index contributed by atoms with van der Waals surface area (Å²) in [6.45, 7) is 7.70. The van der Waals surface area contributed by atoms with Gasteiger partial charge in [-0.1, -0.05) is 39.5 Å². The number of fused-ring (bicyclic) bond motifs is 1. The normalized spacial score (nSPS) is 37.1. The van der Waals surface area contributed by atoms with Crippen molar-refractivity contribution in [2.75, 3.05) is 0 Å². The predicted molar refractivity (Wildman–Crippen MR) is 75.0 cm³/mol. The lowest BCUT2D eigenvalue weighted by Crippen LogP contribution is -2.56. The summed E-state index contributed by atoms with van der Waals surface area (Å²) in [5.74, 6) is 6.63. The molecule has 0 unspecified atom stereocenters. The van der Waals surface area contributed by atoms with E-state index in [9.17, 15) is 10.1 Å². The zero-order valence-corrected chi connectivity index (χ0v) is 12.5. The molecule has 2 aliphatic carbocycles. The molecule has 0 aromatic heterocycles. The maximum atomic E-state index is 12.0. The lowest BCUT2D eigenvalue weighted by Gasteiger charge is -2.59. The molecule has 0 amide bonds. The largest absolute Gasteiger partial charge is 0.284 e. The average molecular weight is 257 g/mol. The standard InChI is InChI=1S/C17H23NO/c1-15(2,3)14(19)8-10-17-9-6-5-7-13(17)11-16(17,4)12-18/h13H,5-7,9,11H2,1-4H3/t13-,16-,17+/m0/s1. The molecular weight excluding hydrogens is 234 g/mol. The van der Waals surface area contributed by atoms with Crippen molar-refractivity contribution in [1.82, 2.24) is 0 Å². The van der Waals surface area contributed by atoms with E-state index >= 15 is 0 Å². The minimum Gasteiger partial charge on any atom is -0.284 e. The van der Waals surface area contributed by atoms with E-state index < -0.39 is 5.41 Å². The smallest absolute Gasteiger partial charge is 0.210 e. The van der Waals surface area contributed by atoms with Gasteiger partial charge in [-0.05, 0) is 38.0 Å². The summed E-state index contributed by atoms with van der Waals surface area (Å²) in [5, 5.41) is 9.47. The van der Waals surface area contributed by atoms with Gasteiger partial charge < -0.3 is 0 Å². The van der Waals surface area contributed by atoms with Crippen LogP contribution in [0.1, 0.15) is 59.8 Å². The molecule has 19 heavy (non-hydrogen) atoms. The summed E-state index contributed by atoms with van der Waals surface area (Å²) < 4.78 is 0. The molecule has 0 spiro atoms. The fourth-order valence-corrected chi connectivity index (χ4v) is 3.60. The van der Waals surface area contributed by atoms with Crippen molar-refractivity contribution in [2.45, 2.75) is 59.8 Å². The number of hydrogen-bond acceptors (Lipinski definition) is 2. The Bertz CT molecular complexity index is 496. The van der Waals surface area contributed by atoms with Gasteiger partial charge in [-0.25, -0.2) is 0 Å². The molecule has 2 heteroatoms. The Kier molecular flexibility index (Phi) is 3.26. The van der Waals surface area contributed by atoms with Crippen LogP contribution in [0, 0.1) is 45.3 Å². The molecule has 2 saturated carbocycles. The number of hydrogen-bond donors (Lipinski definition) is 0. The molecule has 2 aliphatic rings. The second kappa shape index (κ2) is 4.38. The predicted octanol–water partition coefficient (Wildman–Crippen LogP) is 3.72. The molecule has 102 valence electrons. The first-order valence-corrected chi connectivity index (χ1v) is 7.24. The molecule has 0 N–H and O–H groups in total. The number of nitriles is 1. The van der Waals surface area contributed by atoms with Gasteiger partial charge in [0.1, 0.15) is 0 Å². The number of Topliss-reactive ketones (excluding diaryl/α,β-unsaturated/α-hetero) is 1. The van der Waals surface area contributed by atoms with Crippen molar-refractivity contribution in [3.63, 3.8) is 0 Å². The van der Waals surface area contributed by atoms with Crippen LogP contribution in [0.2, 0.25) is 0 Å². The number of carbonyl (C=O) groups is 1. The van der Waals surface area contributed by atoms with Crippen LogP contribution in [-0.2, 0) is 4.79 Å². The molecule has 0 radical (unpaired) electrons. The highest BCUT2D eigenvalue weighted by Crippen LogP contribution is 2.66. The van der Waals surface area contributed by atoms with Crippen LogP contribution in [-0.4, -0.2) is 5.78 Å². The second-order valence-corrected chi connectivity index (χ2v) is 7.39. The third-order valence-electron chi connectivity index (χ3n) is 5.04. The Morgan fingerprint density at radius 3 is 2.53 bits per heavy atom. The zero-order valence-electron chi connectivity index (χ0n) is 12.5. The minimum absolute atomic E-state index is 0.0154. The highest BCUT2D eigenvalue weighted by molar-refractivity contribution is 5.99. The molecule has 0 heterocycles. The summed E-state index contributed by atoms with van der Waals surface area (Å²) >= 11 is 0. The molecule has 0 saturated heterocycles. The zero-order chi connectivity index (χ0) is 14.3. The molecule has 2 nitrogen and oxygen atoms in total. The lowest BCUT2D eigenvalue weighted by molar-refractivity contribution is -0.120. The van der Waals surface area contributed by atoms with Crippen molar-refractivity contribution >= 4 is 5.78 Å². The SMILES string of the molecule is CC(C)(C)C(=O)C#C[C@]12CCCC[C@H]1C[C@@]2(C)C#N. The van der Waals surface area contributed by atoms with Gasteiger partial charge >= 0.3 is 0 Å². The fourth-order valence-electron chi connectivity index (χ4n) is 3.60. The quantitative estimate of drug-likeness (QED) is 0.490. The third kappa shape index (κ3) is 2.08. The summed E-state index contributed by atoms with van der Waals surface area (Å²) in [7, 11) is 0. The van der Waals surface area contributed by atoms with Gasteiger partial charge in [-0.3, -0.25) is 4.79 Å². The number of nitrogens with zero attached hydrogens (tertiary/aromatic N) is 1. The Morgan fingerprint density at radius 1 is 1.32 bits per heavy atom. The van der Waals surface area contributed by atoms with Gasteiger partial charge in [-0.2, -0.15) is 5.26 Å². The number of ketones is 1. The van der Waals surface area contributed by atoms with Crippen LogP contribution < -0.4 is 0 Å². The first-order chi connectivity index (χ1) is 8.75. The van der Waals surface area contributed by atoms with Gasteiger partial charge in [-0.15, -0.1) is 0 Å². The van der Waals surface area contributed by atoms with E-state index in [4.69, 9.17) is 0 Å². The van der Waals surface area contributed by atoms with E-state index in [1.54, 1.807) is 0 Å². The van der Waals surface area contributed by atoms with E-state index in [-0.39, 0.29) is 16.6 Å². The van der Waals surface area contributed by atoms with Gasteiger partial charge in [0.15, 0.2) is 0 Å². The van der Waals surface area contributed by atoms with Crippen LogP contribution in [0.3, 0.4) is 0 Å². The molecule has 0 aromatic carbocycles. The third-order valence-corrected chi connectivity index (χ3v) is 5.04. The maximum absolute atomic E-state index is 12.0. The fraction of sp³-hybridized carbons (Fsp3) is 0.765. The Balaban J connectivity index is 2.32. The van der Waals surface area contributed by atoms with Gasteiger partial charge in [0, 0.05) is 5.41 Å². The summed E-state index contributed by atoms with van der Waals surface area (Å²) in [6.07, 6.45) is 5.46. The Morgan fingerprint density at radius 2 is 2.00 bits per heavy atom. The second-order valence-electron chi connectivity index (χ2n) is 7.39. The van der Waals surface area contributed by atoms with Crippen LogP contribution >= 0.6 is 0 Å². The summed E-state index contributed by atoms with van der Waals surface area (Å²) in [5.41, 5.74) is -0.995. The van der Waals surface area contributed by atoms with Crippen molar-refractivity contribution < 1.29 is 4.79 Å². The van der Waals surface area contributed by atoms with Crippen LogP contribution in [0.4, 0.5) is 0 Å². The number of rotatable bonds is 0. The van der Waals surface area contributed by atoms with Gasteiger partial charge in [0.2, 0.25) is 5.78 Å². The Labute approximate surface area is 116 Å². The summed E-state index contributed by atoms with van der Waals surface area (Å²) in [4.78, 5) is 12.0. The van der Waals surface area contributed by atoms with E-state index in [1.807, 2.05) is 27.7 Å². The lowest BCUT2D eigenvalue weighted by atomic mass is 9.41. The molecular formula is C17H23NO. The van der Waals surface area contributed by atoms with E-state index in [0.717, 1.165) is 25.7 Å². The molecule has 2 rings (SSSR count). The maximum Gasteiger partial charge on any atom is 0.210 e. The van der Waals surface area contributed by atoms with Crippen LogP contribution in [0.15, 0.2) is 0 Å². The average Bonchev–Trinajstić information content (AvgIpc) is 2.34. The van der Waals surface area contributed by atoms with Crippen molar-refractivity contribution in [3.8, 4) is 17.9 Å².